The molecule has 0 saturated carbocycles. The van der Waals surface area contributed by atoms with Crippen LogP contribution in [0.25, 0.3) is 0 Å². The molecule has 3 nitrogen and oxygen atoms in total. The van der Waals surface area contributed by atoms with Gasteiger partial charge in [-0.05, 0) is 26.7 Å². The summed E-state index contributed by atoms with van der Waals surface area (Å²) in [6.07, 6.45) is 1.48. The highest BCUT2D eigenvalue weighted by atomic mass is 32.2. The fraction of sp³-hybridized carbons (Fsp3) is 0.778. The molecule has 0 aliphatic heterocycles. The lowest BCUT2D eigenvalue weighted by atomic mass is 10.1. The van der Waals surface area contributed by atoms with Crippen LogP contribution in [-0.4, -0.2) is 31.1 Å². The van der Waals surface area contributed by atoms with Crippen molar-refractivity contribution in [2.24, 2.45) is 0 Å². The van der Waals surface area contributed by atoms with Crippen LogP contribution >= 0.6 is 0 Å². The van der Waals surface area contributed by atoms with Crippen LogP contribution in [0.1, 0.15) is 26.7 Å². The monoisotopic (exact) mass is 206 g/mol. The molecule has 0 fully saturated rings. The quantitative estimate of drug-likeness (QED) is 0.686. The third-order valence-electron chi connectivity index (χ3n) is 2.08. The zero-order valence-electron chi connectivity index (χ0n) is 8.45. The number of allylic oxidation sites excluding steroid dienone is 1. The van der Waals surface area contributed by atoms with E-state index in [-0.39, 0.29) is 0 Å². The Morgan fingerprint density at radius 3 is 2.31 bits per heavy atom. The summed E-state index contributed by atoms with van der Waals surface area (Å²) in [6, 6.07) is 0. The summed E-state index contributed by atoms with van der Waals surface area (Å²) in [6.45, 7) is 7.07. The van der Waals surface area contributed by atoms with Crippen LogP contribution < -0.4 is 0 Å². The highest BCUT2D eigenvalue weighted by Gasteiger charge is 2.23. The number of hydrogen-bond donors (Lipinski definition) is 1. The maximum Gasteiger partial charge on any atom is 0.152 e. The second kappa shape index (κ2) is 4.77. The third kappa shape index (κ3) is 5.05. The second-order valence-corrected chi connectivity index (χ2v) is 6.00. The molecule has 0 radical (unpaired) electrons. The Kier molecular flexibility index (Phi) is 4.64. The molecule has 2 unspecified atom stereocenters. The van der Waals surface area contributed by atoms with E-state index in [1.807, 2.05) is 6.92 Å². The van der Waals surface area contributed by atoms with Crippen LogP contribution in [-0.2, 0) is 9.84 Å². The van der Waals surface area contributed by atoms with Crippen LogP contribution in [0.2, 0.25) is 0 Å². The van der Waals surface area contributed by atoms with Gasteiger partial charge in [-0.15, -0.1) is 6.58 Å². The average Bonchev–Trinajstić information content (AvgIpc) is 1.96. The SMILES string of the molecule is C=C(C)CCC(O)C(C)S(C)(=O)=O. The predicted octanol–water partition coefficient (Wildman–Crippen LogP) is 1.14. The first-order valence-corrected chi connectivity index (χ1v) is 6.22. The Hall–Kier alpha value is -0.350. The van der Waals surface area contributed by atoms with Gasteiger partial charge in [-0.3, -0.25) is 0 Å². The van der Waals surface area contributed by atoms with Gasteiger partial charge >= 0.3 is 0 Å². The first-order valence-electron chi connectivity index (χ1n) is 4.26. The van der Waals surface area contributed by atoms with Crippen molar-refractivity contribution in [1.29, 1.82) is 0 Å². The molecule has 0 aromatic carbocycles. The Balaban J connectivity index is 4.12. The zero-order valence-corrected chi connectivity index (χ0v) is 9.26. The van der Waals surface area contributed by atoms with Gasteiger partial charge in [-0.1, -0.05) is 5.57 Å². The van der Waals surface area contributed by atoms with Gasteiger partial charge in [0, 0.05) is 6.26 Å². The van der Waals surface area contributed by atoms with Crippen molar-refractivity contribution >= 4 is 9.84 Å². The lowest BCUT2D eigenvalue weighted by Gasteiger charge is -2.16. The van der Waals surface area contributed by atoms with Crippen molar-refractivity contribution in [1.82, 2.24) is 0 Å². The fourth-order valence-corrected chi connectivity index (χ4v) is 1.62. The lowest BCUT2D eigenvalue weighted by molar-refractivity contribution is 0.163. The van der Waals surface area contributed by atoms with Crippen LogP contribution in [0.4, 0.5) is 0 Å². The molecule has 0 spiro atoms. The van der Waals surface area contributed by atoms with E-state index >= 15 is 0 Å². The number of hydrogen-bond acceptors (Lipinski definition) is 3. The lowest BCUT2D eigenvalue weighted by Crippen LogP contribution is -2.30. The maximum absolute atomic E-state index is 11.0. The van der Waals surface area contributed by atoms with Crippen LogP contribution in [0.3, 0.4) is 0 Å². The molecular weight excluding hydrogens is 188 g/mol. The summed E-state index contributed by atoms with van der Waals surface area (Å²) in [5.74, 6) is 0. The fourth-order valence-electron chi connectivity index (χ4n) is 0.914. The Labute approximate surface area is 80.4 Å². The van der Waals surface area contributed by atoms with Crippen molar-refractivity contribution in [3.63, 3.8) is 0 Å². The molecule has 4 heteroatoms. The van der Waals surface area contributed by atoms with Gasteiger partial charge in [-0.25, -0.2) is 8.42 Å². The minimum Gasteiger partial charge on any atom is -0.392 e. The molecule has 0 rings (SSSR count). The molecule has 78 valence electrons. The van der Waals surface area contributed by atoms with E-state index in [9.17, 15) is 13.5 Å². The minimum atomic E-state index is -3.13. The van der Waals surface area contributed by atoms with Gasteiger partial charge in [0.2, 0.25) is 0 Å². The molecule has 13 heavy (non-hydrogen) atoms. The Morgan fingerprint density at radius 2 is 2.00 bits per heavy atom. The van der Waals surface area contributed by atoms with Gasteiger partial charge in [0.15, 0.2) is 9.84 Å². The highest BCUT2D eigenvalue weighted by molar-refractivity contribution is 7.91. The maximum atomic E-state index is 11.0. The standard InChI is InChI=1S/C9H18O3S/c1-7(2)5-6-9(10)8(3)13(4,11)12/h8-10H,1,5-6H2,2-4H3. The van der Waals surface area contributed by atoms with E-state index < -0.39 is 21.2 Å². The topological polar surface area (TPSA) is 54.4 Å². The number of rotatable bonds is 5. The van der Waals surface area contributed by atoms with E-state index in [1.54, 1.807) is 0 Å². The Morgan fingerprint density at radius 1 is 1.54 bits per heavy atom. The molecule has 0 saturated heterocycles. The molecule has 0 amide bonds. The summed E-state index contributed by atoms with van der Waals surface area (Å²) in [5.41, 5.74) is 0.958. The smallest absolute Gasteiger partial charge is 0.152 e. The summed E-state index contributed by atoms with van der Waals surface area (Å²) in [4.78, 5) is 0. The molecule has 0 heterocycles. The van der Waals surface area contributed by atoms with E-state index in [0.717, 1.165) is 11.8 Å². The zero-order chi connectivity index (χ0) is 10.6. The largest absolute Gasteiger partial charge is 0.392 e. The normalized spacial score (nSPS) is 16.6. The Bertz CT molecular complexity index is 267. The first kappa shape index (κ1) is 12.7. The summed E-state index contributed by atoms with van der Waals surface area (Å²) < 4.78 is 22.1. The van der Waals surface area contributed by atoms with Gasteiger partial charge in [-0.2, -0.15) is 0 Å². The highest BCUT2D eigenvalue weighted by Crippen LogP contribution is 2.12. The molecule has 0 aromatic heterocycles. The van der Waals surface area contributed by atoms with Crippen molar-refractivity contribution in [3.8, 4) is 0 Å². The second-order valence-electron chi connectivity index (χ2n) is 3.60. The van der Waals surface area contributed by atoms with Crippen molar-refractivity contribution in [3.05, 3.63) is 12.2 Å². The van der Waals surface area contributed by atoms with Gasteiger partial charge in [0.25, 0.3) is 0 Å². The summed E-state index contributed by atoms with van der Waals surface area (Å²) in [5, 5.41) is 8.79. The predicted molar refractivity (Wildman–Crippen MR) is 54.4 cm³/mol. The average molecular weight is 206 g/mol. The van der Waals surface area contributed by atoms with Gasteiger partial charge in [0.05, 0.1) is 11.4 Å². The van der Waals surface area contributed by atoms with E-state index in [4.69, 9.17) is 0 Å². The van der Waals surface area contributed by atoms with Crippen LogP contribution in [0, 0.1) is 0 Å². The molecule has 0 aromatic rings. The van der Waals surface area contributed by atoms with Gasteiger partial charge in [0.1, 0.15) is 0 Å². The molecule has 0 bridgehead atoms. The number of aliphatic hydroxyl groups is 1. The van der Waals surface area contributed by atoms with E-state index in [0.29, 0.717) is 12.8 Å². The molecule has 1 N–H and O–H groups in total. The third-order valence-corrected chi connectivity index (χ3v) is 3.75. The van der Waals surface area contributed by atoms with Crippen molar-refractivity contribution in [2.45, 2.75) is 38.0 Å². The molecule has 2 atom stereocenters. The molecule has 0 aliphatic rings. The molecule has 0 aliphatic carbocycles. The summed E-state index contributed by atoms with van der Waals surface area (Å²) >= 11 is 0. The van der Waals surface area contributed by atoms with Crippen molar-refractivity contribution in [2.75, 3.05) is 6.26 Å². The minimum absolute atomic E-state index is 0.462. The summed E-state index contributed by atoms with van der Waals surface area (Å²) in [7, 11) is -3.13. The van der Waals surface area contributed by atoms with Crippen molar-refractivity contribution < 1.29 is 13.5 Å². The first-order chi connectivity index (χ1) is 5.75. The number of sulfone groups is 1. The van der Waals surface area contributed by atoms with Crippen LogP contribution in [0.5, 0.6) is 0 Å². The van der Waals surface area contributed by atoms with E-state index in [2.05, 4.69) is 6.58 Å². The molecular formula is C9H18O3S. The number of aliphatic hydroxyl groups excluding tert-OH is 1. The van der Waals surface area contributed by atoms with E-state index in [1.165, 1.54) is 6.92 Å². The van der Waals surface area contributed by atoms with Crippen LogP contribution in [0.15, 0.2) is 12.2 Å². The van der Waals surface area contributed by atoms with Gasteiger partial charge < -0.3 is 5.11 Å².